The van der Waals surface area contributed by atoms with Crippen LogP contribution in [0.3, 0.4) is 0 Å². The average molecular weight is 180 g/mol. The zero-order valence-corrected chi connectivity index (χ0v) is 7.60. The number of carbonyl (C=O) groups is 1. The number of carbonyl (C=O) groups excluding carboxylic acids is 1. The fourth-order valence-corrected chi connectivity index (χ4v) is 1.64. The molecule has 0 aliphatic carbocycles. The number of rotatable bonds is 2. The van der Waals surface area contributed by atoms with Crippen molar-refractivity contribution in [2.45, 2.75) is 12.8 Å². The topological polar surface area (TPSA) is 51.0 Å². The summed E-state index contributed by atoms with van der Waals surface area (Å²) in [6.07, 6.45) is 3.08. The highest BCUT2D eigenvalue weighted by Crippen LogP contribution is 2.16. The first-order valence-corrected chi connectivity index (χ1v) is 4.42. The highest BCUT2D eigenvalue weighted by Gasteiger charge is 2.17. The molecule has 0 unspecified atom stereocenters. The number of aldehydes is 1. The molecule has 0 spiro atoms. The Balaban J connectivity index is 2.27. The molecule has 5 nitrogen and oxygen atoms in total. The molecule has 1 aliphatic heterocycles. The second kappa shape index (κ2) is 3.16. The highest BCUT2D eigenvalue weighted by molar-refractivity contribution is 5.69. The lowest BCUT2D eigenvalue weighted by molar-refractivity contribution is 0.111. The fourth-order valence-electron chi connectivity index (χ4n) is 1.64. The molecule has 0 bridgehead atoms. The van der Waals surface area contributed by atoms with E-state index in [1.807, 2.05) is 7.05 Å². The van der Waals surface area contributed by atoms with Gasteiger partial charge in [-0.2, -0.15) is 4.98 Å². The number of aromatic nitrogens is 3. The summed E-state index contributed by atoms with van der Waals surface area (Å²) >= 11 is 0. The van der Waals surface area contributed by atoms with Crippen molar-refractivity contribution in [3.8, 4) is 0 Å². The normalized spacial score (nSPS) is 16.5. The van der Waals surface area contributed by atoms with Crippen LogP contribution in [0.4, 0.5) is 5.95 Å². The van der Waals surface area contributed by atoms with Crippen molar-refractivity contribution in [2.75, 3.05) is 18.0 Å². The summed E-state index contributed by atoms with van der Waals surface area (Å²) in [7, 11) is 1.81. The van der Waals surface area contributed by atoms with Gasteiger partial charge in [0.05, 0.1) is 0 Å². The van der Waals surface area contributed by atoms with Crippen LogP contribution in [0.25, 0.3) is 0 Å². The molecule has 2 rings (SSSR count). The summed E-state index contributed by atoms with van der Waals surface area (Å²) in [5.41, 5.74) is 0. The molecule has 0 aromatic carbocycles. The summed E-state index contributed by atoms with van der Waals surface area (Å²) in [5.74, 6) is 1.07. The molecule has 1 aromatic rings. The minimum Gasteiger partial charge on any atom is -0.341 e. The van der Waals surface area contributed by atoms with E-state index in [-0.39, 0.29) is 5.82 Å². The summed E-state index contributed by atoms with van der Waals surface area (Å²) in [6, 6.07) is 0. The second-order valence-electron chi connectivity index (χ2n) is 3.21. The molecular formula is C8H12N4O. The molecule has 2 heterocycles. The van der Waals surface area contributed by atoms with Gasteiger partial charge in [-0.1, -0.05) is 0 Å². The van der Waals surface area contributed by atoms with Gasteiger partial charge in [-0.05, 0) is 12.8 Å². The van der Waals surface area contributed by atoms with Gasteiger partial charge in [0.2, 0.25) is 11.8 Å². The zero-order chi connectivity index (χ0) is 9.26. The Bertz CT molecular complexity index is 314. The van der Waals surface area contributed by atoms with Crippen LogP contribution >= 0.6 is 0 Å². The molecular weight excluding hydrogens is 168 g/mol. The average Bonchev–Trinajstić information content (AvgIpc) is 2.72. The van der Waals surface area contributed by atoms with Crippen LogP contribution in [-0.2, 0) is 7.05 Å². The van der Waals surface area contributed by atoms with Crippen molar-refractivity contribution in [3.05, 3.63) is 5.82 Å². The van der Waals surface area contributed by atoms with Gasteiger partial charge in [-0.25, -0.2) is 4.68 Å². The lowest BCUT2D eigenvalue weighted by atomic mass is 10.4. The van der Waals surface area contributed by atoms with E-state index in [1.165, 1.54) is 12.8 Å². The van der Waals surface area contributed by atoms with E-state index >= 15 is 0 Å². The van der Waals surface area contributed by atoms with Crippen molar-refractivity contribution in [2.24, 2.45) is 7.05 Å². The maximum Gasteiger partial charge on any atom is 0.224 e. The molecule has 0 amide bonds. The number of anilines is 1. The summed E-state index contributed by atoms with van der Waals surface area (Å²) < 4.78 is 1.66. The van der Waals surface area contributed by atoms with E-state index in [1.54, 1.807) is 4.68 Å². The van der Waals surface area contributed by atoms with Gasteiger partial charge >= 0.3 is 0 Å². The first kappa shape index (κ1) is 8.22. The van der Waals surface area contributed by atoms with Gasteiger partial charge in [0.25, 0.3) is 0 Å². The predicted molar refractivity (Wildman–Crippen MR) is 47.8 cm³/mol. The van der Waals surface area contributed by atoms with Crippen LogP contribution < -0.4 is 4.90 Å². The Hall–Kier alpha value is -1.39. The molecule has 0 N–H and O–H groups in total. The van der Waals surface area contributed by atoms with E-state index < -0.39 is 0 Å². The van der Waals surface area contributed by atoms with Gasteiger partial charge in [0, 0.05) is 20.1 Å². The van der Waals surface area contributed by atoms with E-state index in [0.29, 0.717) is 6.29 Å². The van der Waals surface area contributed by atoms with Crippen molar-refractivity contribution in [1.82, 2.24) is 14.8 Å². The van der Waals surface area contributed by atoms with Gasteiger partial charge in [0.1, 0.15) is 0 Å². The van der Waals surface area contributed by atoms with Crippen LogP contribution in [0, 0.1) is 0 Å². The van der Waals surface area contributed by atoms with Crippen LogP contribution in [-0.4, -0.2) is 34.1 Å². The van der Waals surface area contributed by atoms with E-state index in [2.05, 4.69) is 15.0 Å². The number of hydrogen-bond donors (Lipinski definition) is 0. The molecule has 0 atom stereocenters. The summed E-state index contributed by atoms with van der Waals surface area (Å²) in [5, 5.41) is 3.97. The maximum absolute atomic E-state index is 10.4. The third kappa shape index (κ3) is 1.41. The van der Waals surface area contributed by atoms with Crippen molar-refractivity contribution in [3.63, 3.8) is 0 Å². The first-order valence-electron chi connectivity index (χ1n) is 4.42. The lowest BCUT2D eigenvalue weighted by Gasteiger charge is -2.14. The highest BCUT2D eigenvalue weighted by atomic mass is 16.1. The minimum absolute atomic E-state index is 0.268. The largest absolute Gasteiger partial charge is 0.341 e. The van der Waals surface area contributed by atoms with E-state index in [0.717, 1.165) is 19.0 Å². The minimum atomic E-state index is 0.268. The SMILES string of the molecule is Cn1nc(C=O)nc1N1CCCC1. The monoisotopic (exact) mass is 180 g/mol. The molecule has 0 radical (unpaired) electrons. The molecule has 5 heteroatoms. The van der Waals surface area contributed by atoms with Crippen LogP contribution in [0.1, 0.15) is 23.5 Å². The van der Waals surface area contributed by atoms with E-state index in [9.17, 15) is 4.79 Å². The molecule has 0 saturated carbocycles. The fraction of sp³-hybridized carbons (Fsp3) is 0.625. The van der Waals surface area contributed by atoms with Crippen LogP contribution in [0.2, 0.25) is 0 Å². The number of hydrogen-bond acceptors (Lipinski definition) is 4. The Morgan fingerprint density at radius 2 is 2.08 bits per heavy atom. The van der Waals surface area contributed by atoms with Crippen molar-refractivity contribution < 1.29 is 4.79 Å². The lowest BCUT2D eigenvalue weighted by Crippen LogP contribution is -2.21. The first-order chi connectivity index (χ1) is 6.31. The van der Waals surface area contributed by atoms with Gasteiger partial charge in [-0.3, -0.25) is 4.79 Å². The Kier molecular flexibility index (Phi) is 2.00. The molecule has 1 fully saturated rings. The summed E-state index contributed by atoms with van der Waals surface area (Å²) in [4.78, 5) is 16.7. The van der Waals surface area contributed by atoms with Gasteiger partial charge in [0.15, 0.2) is 6.29 Å². The third-order valence-corrected chi connectivity index (χ3v) is 2.25. The van der Waals surface area contributed by atoms with Crippen molar-refractivity contribution >= 4 is 12.2 Å². The second-order valence-corrected chi connectivity index (χ2v) is 3.21. The van der Waals surface area contributed by atoms with Crippen molar-refractivity contribution in [1.29, 1.82) is 0 Å². The van der Waals surface area contributed by atoms with Gasteiger partial charge < -0.3 is 4.90 Å². The molecule has 13 heavy (non-hydrogen) atoms. The van der Waals surface area contributed by atoms with Crippen LogP contribution in [0.5, 0.6) is 0 Å². The Labute approximate surface area is 76.4 Å². The van der Waals surface area contributed by atoms with Gasteiger partial charge in [-0.15, -0.1) is 5.10 Å². The molecule has 1 saturated heterocycles. The molecule has 70 valence electrons. The standard InChI is InChI=1S/C8H12N4O/c1-11-8(9-7(6-13)10-11)12-4-2-3-5-12/h6H,2-5H2,1H3. The predicted octanol–water partition coefficient (Wildman–Crippen LogP) is 0.228. The maximum atomic E-state index is 10.4. The molecule has 1 aromatic heterocycles. The number of nitrogens with zero attached hydrogens (tertiary/aromatic N) is 4. The zero-order valence-electron chi connectivity index (χ0n) is 7.60. The third-order valence-electron chi connectivity index (χ3n) is 2.25. The summed E-state index contributed by atoms with van der Waals surface area (Å²) in [6.45, 7) is 2.04. The quantitative estimate of drug-likeness (QED) is 0.611. The van der Waals surface area contributed by atoms with E-state index in [4.69, 9.17) is 0 Å². The molecule has 1 aliphatic rings. The Morgan fingerprint density at radius 3 is 2.62 bits per heavy atom. The van der Waals surface area contributed by atoms with Crippen LogP contribution in [0.15, 0.2) is 0 Å². The Morgan fingerprint density at radius 1 is 1.38 bits per heavy atom. The smallest absolute Gasteiger partial charge is 0.224 e. The number of aryl methyl sites for hydroxylation is 1.